The third kappa shape index (κ3) is 5.33. The molecule has 7 nitrogen and oxygen atoms in total. The van der Waals surface area contributed by atoms with E-state index in [4.69, 9.17) is 4.42 Å². The maximum absolute atomic E-state index is 13.0. The van der Waals surface area contributed by atoms with E-state index in [1.54, 1.807) is 24.3 Å². The molecular formula is C56H36O7. The van der Waals surface area contributed by atoms with Crippen LogP contribution in [0.3, 0.4) is 0 Å². The molecule has 11 rings (SSSR count). The molecule has 0 bridgehead atoms. The Labute approximate surface area is 362 Å². The van der Waals surface area contributed by atoms with Crippen molar-refractivity contribution in [1.29, 1.82) is 0 Å². The molecule has 0 unspecified atom stereocenters. The van der Waals surface area contributed by atoms with Crippen LogP contribution in [0.25, 0.3) is 44.5 Å². The second-order valence-corrected chi connectivity index (χ2v) is 16.1. The van der Waals surface area contributed by atoms with Crippen molar-refractivity contribution in [2.24, 2.45) is 0 Å². The summed E-state index contributed by atoms with van der Waals surface area (Å²) in [5, 5.41) is 41.9. The summed E-state index contributed by atoms with van der Waals surface area (Å²) in [5.74, 6) is -3.47. The Morgan fingerprint density at radius 2 is 0.603 bits per heavy atom. The van der Waals surface area contributed by atoms with Gasteiger partial charge in [0.1, 0.15) is 11.5 Å². The molecule has 0 amide bonds. The van der Waals surface area contributed by atoms with Crippen LogP contribution in [-0.4, -0.2) is 32.4 Å². The normalized spacial score (nSPS) is 13.7. The van der Waals surface area contributed by atoms with Crippen LogP contribution in [0.15, 0.2) is 199 Å². The average molecular weight is 821 g/mol. The van der Waals surface area contributed by atoms with Gasteiger partial charge in [0.25, 0.3) is 0 Å². The summed E-state index contributed by atoms with van der Waals surface area (Å²) in [6.45, 7) is 0. The Balaban J connectivity index is 1.09. The zero-order valence-corrected chi connectivity index (χ0v) is 33.5. The fourth-order valence-electron chi connectivity index (χ4n) is 10.5. The van der Waals surface area contributed by atoms with E-state index in [1.165, 1.54) is 0 Å². The van der Waals surface area contributed by atoms with Gasteiger partial charge < -0.3 is 24.8 Å². The third-order valence-electron chi connectivity index (χ3n) is 13.0. The lowest BCUT2D eigenvalue weighted by molar-refractivity contribution is 0.0633. The molecule has 0 radical (unpaired) electrons. The van der Waals surface area contributed by atoms with Gasteiger partial charge >= 0.3 is 11.9 Å². The molecule has 8 aromatic carbocycles. The van der Waals surface area contributed by atoms with Crippen molar-refractivity contribution in [3.05, 3.63) is 250 Å². The number of hydrogen-bond acceptors (Lipinski definition) is 5. The minimum atomic E-state index is -1.40. The third-order valence-corrected chi connectivity index (χ3v) is 13.0. The van der Waals surface area contributed by atoms with Gasteiger partial charge in [-0.2, -0.15) is 0 Å². The highest BCUT2D eigenvalue weighted by Gasteiger charge is 2.47. The predicted molar refractivity (Wildman–Crippen MR) is 241 cm³/mol. The number of furan rings is 1. The van der Waals surface area contributed by atoms with Crippen molar-refractivity contribution in [2.45, 2.75) is 10.8 Å². The minimum absolute atomic E-state index is 0.146. The molecule has 2 aliphatic rings. The summed E-state index contributed by atoms with van der Waals surface area (Å²) in [5.41, 5.74) is 11.9. The fourth-order valence-corrected chi connectivity index (χ4v) is 10.5. The van der Waals surface area contributed by atoms with E-state index < -0.39 is 34.3 Å². The highest BCUT2D eigenvalue weighted by molar-refractivity contribution is 6.06. The summed E-state index contributed by atoms with van der Waals surface area (Å²) in [7, 11) is 0. The number of phenols is 2. The van der Waals surface area contributed by atoms with Gasteiger partial charge in [-0.05, 0) is 102 Å². The molecule has 302 valence electrons. The van der Waals surface area contributed by atoms with Crippen LogP contribution in [0.5, 0.6) is 11.5 Å². The Morgan fingerprint density at radius 3 is 0.873 bits per heavy atom. The molecule has 4 N–H and O–H groups in total. The van der Waals surface area contributed by atoms with Crippen molar-refractivity contribution in [1.82, 2.24) is 0 Å². The maximum atomic E-state index is 13.0. The first-order valence-electron chi connectivity index (χ1n) is 20.6. The number of rotatable bonds is 8. The zero-order chi connectivity index (χ0) is 43.0. The first-order valence-corrected chi connectivity index (χ1v) is 20.6. The van der Waals surface area contributed by atoms with Crippen LogP contribution < -0.4 is 0 Å². The lowest BCUT2D eigenvalue weighted by Gasteiger charge is -2.34. The summed E-state index contributed by atoms with van der Waals surface area (Å²) in [6, 6.07) is 62.6. The molecule has 1 heterocycles. The highest BCUT2D eigenvalue weighted by atomic mass is 16.4. The van der Waals surface area contributed by atoms with Crippen LogP contribution in [0.2, 0.25) is 0 Å². The molecule has 0 saturated heterocycles. The lowest BCUT2D eigenvalue weighted by Crippen LogP contribution is -2.28. The number of benzene rings is 8. The summed E-state index contributed by atoms with van der Waals surface area (Å²) in [6.07, 6.45) is 0. The van der Waals surface area contributed by atoms with E-state index >= 15 is 0 Å². The Morgan fingerprint density at radius 1 is 0.349 bits per heavy atom. The fraction of sp³-hybridized carbons (Fsp3) is 0.0357. The molecule has 0 saturated carbocycles. The second-order valence-electron chi connectivity index (χ2n) is 16.1. The minimum Gasteiger partial charge on any atom is -0.508 e. The van der Waals surface area contributed by atoms with Crippen molar-refractivity contribution in [3.63, 3.8) is 0 Å². The van der Waals surface area contributed by atoms with Gasteiger partial charge in [-0.1, -0.05) is 170 Å². The van der Waals surface area contributed by atoms with Gasteiger partial charge in [-0.25, -0.2) is 9.59 Å². The molecule has 63 heavy (non-hydrogen) atoms. The van der Waals surface area contributed by atoms with E-state index in [0.29, 0.717) is 11.1 Å². The van der Waals surface area contributed by atoms with E-state index in [2.05, 4.69) is 48.5 Å². The number of aromatic hydroxyl groups is 2. The Bertz CT molecular complexity index is 2970. The van der Waals surface area contributed by atoms with E-state index in [9.17, 15) is 30.0 Å². The zero-order valence-electron chi connectivity index (χ0n) is 33.5. The molecule has 7 heteroatoms. The van der Waals surface area contributed by atoms with Crippen LogP contribution >= 0.6 is 0 Å². The number of carboxylic acids is 2. The topological polar surface area (TPSA) is 128 Å². The van der Waals surface area contributed by atoms with Crippen LogP contribution in [0.4, 0.5) is 0 Å². The second kappa shape index (κ2) is 14.1. The van der Waals surface area contributed by atoms with Gasteiger partial charge in [-0.3, -0.25) is 0 Å². The smallest absolute Gasteiger partial charge is 0.372 e. The predicted octanol–water partition coefficient (Wildman–Crippen LogP) is 12.1. The van der Waals surface area contributed by atoms with Gasteiger partial charge in [-0.15, -0.1) is 0 Å². The molecule has 0 fully saturated rings. The summed E-state index contributed by atoms with van der Waals surface area (Å²) < 4.78 is 5.78. The molecule has 0 spiro atoms. The number of carbonyl (C=O) groups is 2. The van der Waals surface area contributed by atoms with Crippen molar-refractivity contribution < 1.29 is 34.4 Å². The quantitative estimate of drug-likeness (QED) is 0.120. The average Bonchev–Trinajstić information content (AvgIpc) is 3.97. The summed E-state index contributed by atoms with van der Waals surface area (Å²) in [4.78, 5) is 26.0. The standard InChI is InChI=1S/C56H36O7/c57-39-29-25-37(26-30-39)55(45-13-5-1-9-41(45)42-10-2-6-14-46(42)55)35-21-17-33(18-22-35)49-50(52(54(61)62)63-51(49)53(59)60)34-19-23-36(24-20-34)56(38-27-31-40(58)32-28-38)47-15-7-3-11-43(47)44-12-4-8-16-48(44)56/h1-32,57-58H,(H,59,60)(H,61,62). The molecule has 1 aromatic heterocycles. The number of fused-ring (bicyclic) bond motifs is 6. The van der Waals surface area contributed by atoms with Gasteiger partial charge in [0.05, 0.1) is 10.8 Å². The van der Waals surface area contributed by atoms with Crippen molar-refractivity contribution in [3.8, 4) is 56.0 Å². The molecule has 0 aliphatic heterocycles. The van der Waals surface area contributed by atoms with Gasteiger partial charge in [0.15, 0.2) is 0 Å². The van der Waals surface area contributed by atoms with Crippen molar-refractivity contribution >= 4 is 11.9 Å². The number of phenolic OH excluding ortho intramolecular Hbond substituents is 2. The lowest BCUT2D eigenvalue weighted by atomic mass is 9.67. The number of aromatic carboxylic acids is 2. The van der Waals surface area contributed by atoms with Crippen LogP contribution in [0.1, 0.15) is 65.6 Å². The van der Waals surface area contributed by atoms with Gasteiger partial charge in [0.2, 0.25) is 11.5 Å². The van der Waals surface area contributed by atoms with E-state index in [1.807, 2.05) is 121 Å². The number of hydrogen-bond donors (Lipinski definition) is 4. The van der Waals surface area contributed by atoms with E-state index in [0.717, 1.165) is 66.8 Å². The van der Waals surface area contributed by atoms with Gasteiger partial charge in [0, 0.05) is 11.1 Å². The van der Waals surface area contributed by atoms with Crippen LogP contribution in [0, 0.1) is 0 Å². The monoisotopic (exact) mass is 820 g/mol. The van der Waals surface area contributed by atoms with E-state index in [-0.39, 0.29) is 22.6 Å². The highest BCUT2D eigenvalue weighted by Crippen LogP contribution is 2.58. The first kappa shape index (κ1) is 37.6. The first-order chi connectivity index (χ1) is 30.7. The molecular weight excluding hydrogens is 785 g/mol. The SMILES string of the molecule is O=C(O)c1oc(C(=O)O)c(-c2ccc(C3(c4ccc(O)cc4)c4ccccc4-c4ccccc43)cc2)c1-c1ccc(C2(c3ccc(O)cc3)c3ccccc3-c3ccccc32)cc1. The van der Waals surface area contributed by atoms with Crippen LogP contribution in [-0.2, 0) is 10.8 Å². The Kier molecular flexibility index (Phi) is 8.40. The summed E-state index contributed by atoms with van der Waals surface area (Å²) >= 11 is 0. The largest absolute Gasteiger partial charge is 0.508 e. The molecule has 9 aromatic rings. The molecule has 2 aliphatic carbocycles. The molecule has 0 atom stereocenters. The van der Waals surface area contributed by atoms with Crippen molar-refractivity contribution in [2.75, 3.05) is 0 Å². The Hall–Kier alpha value is -8.42. The number of carboxylic acid groups (broad SMARTS) is 2. The maximum Gasteiger partial charge on any atom is 0.372 e.